The van der Waals surface area contributed by atoms with Gasteiger partial charge in [-0.25, -0.2) is 0 Å². The lowest BCUT2D eigenvalue weighted by molar-refractivity contribution is -0.137. The van der Waals surface area contributed by atoms with E-state index in [-0.39, 0.29) is 15.3 Å². The monoisotopic (exact) mass is 371 g/mol. The summed E-state index contributed by atoms with van der Waals surface area (Å²) in [6.07, 6.45) is -4.42. The highest BCUT2D eigenvalue weighted by Crippen LogP contribution is 2.30. The van der Waals surface area contributed by atoms with E-state index < -0.39 is 11.7 Å². The van der Waals surface area contributed by atoms with Crippen molar-refractivity contribution in [2.75, 3.05) is 20.6 Å². The summed E-state index contributed by atoms with van der Waals surface area (Å²) in [5, 5.41) is 0. The second kappa shape index (κ2) is 6.01. The molecule has 1 aromatic rings. The van der Waals surface area contributed by atoms with Crippen LogP contribution in [-0.4, -0.2) is 35.2 Å². The third-order valence-corrected chi connectivity index (χ3v) is 3.24. The molecule has 0 aliphatic rings. The van der Waals surface area contributed by atoms with Crippen LogP contribution in [0.5, 0.6) is 0 Å². The minimum absolute atomic E-state index is 0.103. The molecule has 1 rings (SSSR count). The van der Waals surface area contributed by atoms with Gasteiger partial charge in [-0.1, -0.05) is 34.7 Å². The van der Waals surface area contributed by atoms with E-state index in [9.17, 15) is 18.0 Å². The van der Waals surface area contributed by atoms with Crippen molar-refractivity contribution in [3.05, 3.63) is 35.4 Å². The maximum absolute atomic E-state index is 12.5. The Morgan fingerprint density at radius 1 is 1.39 bits per heavy atom. The predicted molar refractivity (Wildman–Crippen MR) is 72.1 cm³/mol. The molecule has 18 heavy (non-hydrogen) atoms. The molecule has 0 fully saturated rings. The van der Waals surface area contributed by atoms with Gasteiger partial charge >= 0.3 is 6.18 Å². The zero-order chi connectivity index (χ0) is 13.9. The number of carbonyl (C=O) groups excluding carboxylic acids is 1. The topological polar surface area (TPSA) is 20.3 Å². The van der Waals surface area contributed by atoms with Gasteiger partial charge in [0.25, 0.3) is 0 Å². The van der Waals surface area contributed by atoms with Crippen LogP contribution in [0.15, 0.2) is 24.3 Å². The van der Waals surface area contributed by atoms with Gasteiger partial charge in [0.15, 0.2) is 5.78 Å². The number of Topliss-reactive ketones (excluding diaryl/α,β-unsaturated/α-hetero) is 1. The molecule has 0 N–H and O–H groups in total. The molecule has 0 aliphatic carbocycles. The van der Waals surface area contributed by atoms with Gasteiger partial charge in [0.1, 0.15) is 0 Å². The number of alkyl halides is 4. The summed E-state index contributed by atoms with van der Waals surface area (Å²) in [7, 11) is 3.62. The van der Waals surface area contributed by atoms with Crippen molar-refractivity contribution >= 4 is 28.4 Å². The number of benzene rings is 1. The molecule has 1 unspecified atom stereocenters. The van der Waals surface area contributed by atoms with Gasteiger partial charge in [0, 0.05) is 12.1 Å². The number of halogens is 4. The molecule has 0 bridgehead atoms. The van der Waals surface area contributed by atoms with Gasteiger partial charge in [-0.3, -0.25) is 4.79 Å². The van der Waals surface area contributed by atoms with E-state index >= 15 is 0 Å². The lowest BCUT2D eigenvalue weighted by Crippen LogP contribution is -2.28. The van der Waals surface area contributed by atoms with Gasteiger partial charge in [0.05, 0.1) is 9.49 Å². The van der Waals surface area contributed by atoms with Crippen molar-refractivity contribution in [3.63, 3.8) is 0 Å². The molecule has 2 nitrogen and oxygen atoms in total. The SMILES string of the molecule is CN(C)CC(I)C(=O)c1cccc(C(F)(F)F)c1. The first-order chi connectivity index (χ1) is 8.21. The largest absolute Gasteiger partial charge is 0.416 e. The Balaban J connectivity index is 2.93. The zero-order valence-electron chi connectivity index (χ0n) is 9.96. The van der Waals surface area contributed by atoms with Crippen molar-refractivity contribution in [3.8, 4) is 0 Å². The van der Waals surface area contributed by atoms with Crippen molar-refractivity contribution in [2.45, 2.75) is 10.1 Å². The quantitative estimate of drug-likeness (QED) is 0.460. The van der Waals surface area contributed by atoms with Crippen LogP contribution in [0.25, 0.3) is 0 Å². The molecule has 0 heterocycles. The highest BCUT2D eigenvalue weighted by atomic mass is 127. The summed E-state index contributed by atoms with van der Waals surface area (Å²) in [5.41, 5.74) is -0.687. The molecule has 1 atom stereocenters. The molecule has 0 saturated heterocycles. The third kappa shape index (κ3) is 4.24. The number of carbonyl (C=O) groups is 1. The summed E-state index contributed by atoms with van der Waals surface area (Å²) >= 11 is 1.95. The van der Waals surface area contributed by atoms with E-state index in [1.54, 1.807) is 0 Å². The number of nitrogens with zero attached hydrogens (tertiary/aromatic N) is 1. The van der Waals surface area contributed by atoms with Crippen molar-refractivity contribution in [1.82, 2.24) is 4.90 Å². The molecular formula is C12H13F3INO. The van der Waals surface area contributed by atoms with E-state index in [1.807, 2.05) is 41.6 Å². The van der Waals surface area contributed by atoms with E-state index in [4.69, 9.17) is 0 Å². The van der Waals surface area contributed by atoms with Crippen LogP contribution in [0.3, 0.4) is 0 Å². The molecule has 0 aromatic heterocycles. The molecule has 0 aliphatic heterocycles. The first-order valence-corrected chi connectivity index (χ1v) is 6.46. The average molecular weight is 371 g/mol. The number of rotatable bonds is 4. The number of ketones is 1. The number of hydrogen-bond acceptors (Lipinski definition) is 2. The fraction of sp³-hybridized carbons (Fsp3) is 0.417. The molecule has 0 amide bonds. The Labute approximate surface area is 117 Å². The van der Waals surface area contributed by atoms with Gasteiger partial charge in [0.2, 0.25) is 0 Å². The Morgan fingerprint density at radius 2 is 2.00 bits per heavy atom. The number of hydrogen-bond donors (Lipinski definition) is 0. The van der Waals surface area contributed by atoms with Crippen molar-refractivity contribution in [1.29, 1.82) is 0 Å². The summed E-state index contributed by atoms with van der Waals surface area (Å²) in [5.74, 6) is -0.282. The average Bonchev–Trinajstić information content (AvgIpc) is 2.26. The second-order valence-corrected chi connectivity index (χ2v) is 5.68. The van der Waals surface area contributed by atoms with Gasteiger partial charge < -0.3 is 4.90 Å². The molecule has 1 aromatic carbocycles. The first kappa shape index (κ1) is 15.4. The highest BCUT2D eigenvalue weighted by Gasteiger charge is 2.31. The molecule has 0 saturated carbocycles. The molecule has 0 spiro atoms. The second-order valence-electron chi connectivity index (χ2n) is 4.17. The van der Waals surface area contributed by atoms with Gasteiger partial charge in [-0.15, -0.1) is 0 Å². The minimum atomic E-state index is -4.42. The normalized spacial score (nSPS) is 13.7. The van der Waals surface area contributed by atoms with E-state index in [0.29, 0.717) is 6.54 Å². The smallest absolute Gasteiger partial charge is 0.308 e. The fourth-order valence-corrected chi connectivity index (χ4v) is 2.58. The van der Waals surface area contributed by atoms with Crippen molar-refractivity contribution < 1.29 is 18.0 Å². The van der Waals surface area contributed by atoms with E-state index in [2.05, 4.69) is 0 Å². The highest BCUT2D eigenvalue weighted by molar-refractivity contribution is 14.1. The predicted octanol–water partition coefficient (Wildman–Crippen LogP) is 3.25. The third-order valence-electron chi connectivity index (χ3n) is 2.28. The van der Waals surface area contributed by atoms with Crippen LogP contribution in [-0.2, 0) is 6.18 Å². The van der Waals surface area contributed by atoms with Gasteiger partial charge in [-0.05, 0) is 26.2 Å². The molecule has 0 radical (unpaired) electrons. The maximum atomic E-state index is 12.5. The standard InChI is InChI=1S/C12H13F3INO/c1-17(2)7-10(16)11(18)8-4-3-5-9(6-8)12(13,14)15/h3-6,10H,7H2,1-2H3. The van der Waals surface area contributed by atoms with E-state index in [0.717, 1.165) is 12.1 Å². The zero-order valence-corrected chi connectivity index (χ0v) is 12.1. The summed E-state index contributed by atoms with van der Waals surface area (Å²) in [4.78, 5) is 13.8. The van der Waals surface area contributed by atoms with Crippen molar-refractivity contribution in [2.24, 2.45) is 0 Å². The Hall–Kier alpha value is -0.630. The Morgan fingerprint density at radius 3 is 2.50 bits per heavy atom. The van der Waals surface area contributed by atoms with Crippen LogP contribution < -0.4 is 0 Å². The molecule has 100 valence electrons. The van der Waals surface area contributed by atoms with Crippen LogP contribution in [0, 0.1) is 0 Å². The summed E-state index contributed by atoms with van der Waals surface area (Å²) in [6.45, 7) is 0.496. The Kier molecular flexibility index (Phi) is 5.15. The van der Waals surface area contributed by atoms with E-state index in [1.165, 1.54) is 12.1 Å². The lowest BCUT2D eigenvalue weighted by Gasteiger charge is -2.15. The van der Waals surface area contributed by atoms with Crippen LogP contribution in [0.2, 0.25) is 0 Å². The Bertz CT molecular complexity index is 432. The summed E-state index contributed by atoms with van der Waals surface area (Å²) < 4.78 is 37.2. The lowest BCUT2D eigenvalue weighted by atomic mass is 10.0. The molecule has 6 heteroatoms. The first-order valence-electron chi connectivity index (χ1n) is 5.22. The van der Waals surface area contributed by atoms with Crippen LogP contribution in [0.4, 0.5) is 13.2 Å². The maximum Gasteiger partial charge on any atom is 0.416 e. The van der Waals surface area contributed by atoms with Crippen LogP contribution in [0.1, 0.15) is 15.9 Å². The molecular weight excluding hydrogens is 358 g/mol. The minimum Gasteiger partial charge on any atom is -0.308 e. The van der Waals surface area contributed by atoms with Crippen LogP contribution >= 0.6 is 22.6 Å². The fourth-order valence-electron chi connectivity index (χ4n) is 1.43. The summed E-state index contributed by atoms with van der Waals surface area (Å²) in [6, 6.07) is 4.54. The van der Waals surface area contributed by atoms with Gasteiger partial charge in [-0.2, -0.15) is 13.2 Å².